The third-order valence-electron chi connectivity index (χ3n) is 3.59. The first-order valence-corrected chi connectivity index (χ1v) is 6.14. The van der Waals surface area contributed by atoms with Gasteiger partial charge in [-0.25, -0.2) is 0 Å². The van der Waals surface area contributed by atoms with Gasteiger partial charge in [-0.15, -0.1) is 0 Å². The van der Waals surface area contributed by atoms with Gasteiger partial charge in [0.2, 0.25) is 0 Å². The van der Waals surface area contributed by atoms with Crippen molar-refractivity contribution in [3.63, 3.8) is 0 Å². The van der Waals surface area contributed by atoms with Crippen LogP contribution < -0.4 is 10.5 Å². The predicted molar refractivity (Wildman–Crippen MR) is 71.1 cm³/mol. The Morgan fingerprint density at radius 2 is 2.21 bits per heavy atom. The van der Waals surface area contributed by atoms with Crippen LogP contribution in [0.1, 0.15) is 21.6 Å². The first-order chi connectivity index (χ1) is 9.11. The lowest BCUT2D eigenvalue weighted by Crippen LogP contribution is -2.18. The molecule has 2 aromatic rings. The number of hydrogen-bond acceptors (Lipinski definition) is 3. The monoisotopic (exact) mass is 257 g/mol. The average Bonchev–Trinajstić information content (AvgIpc) is 2.74. The van der Waals surface area contributed by atoms with Gasteiger partial charge in [0.25, 0.3) is 5.91 Å². The number of primary amides is 1. The maximum atomic E-state index is 11.5. The van der Waals surface area contributed by atoms with E-state index < -0.39 is 5.91 Å². The van der Waals surface area contributed by atoms with Crippen molar-refractivity contribution in [2.24, 2.45) is 12.8 Å². The van der Waals surface area contributed by atoms with E-state index in [4.69, 9.17) is 10.5 Å². The second kappa shape index (κ2) is 4.12. The van der Waals surface area contributed by atoms with Crippen LogP contribution in [0.4, 0.5) is 0 Å². The maximum Gasteiger partial charge on any atom is 0.267 e. The summed E-state index contributed by atoms with van der Waals surface area (Å²) in [5, 5.41) is 4.44. The molecule has 3 rings (SSSR count). The lowest BCUT2D eigenvalue weighted by atomic mass is 9.89. The van der Waals surface area contributed by atoms with Crippen molar-refractivity contribution >= 4 is 5.91 Å². The minimum Gasteiger partial charge on any atom is -0.497 e. The Hall–Kier alpha value is -2.30. The van der Waals surface area contributed by atoms with Crippen LogP contribution in [0.2, 0.25) is 0 Å². The number of ether oxygens (including phenoxy) is 1. The van der Waals surface area contributed by atoms with Crippen molar-refractivity contribution in [1.29, 1.82) is 0 Å². The number of hydrogen-bond donors (Lipinski definition) is 1. The third-order valence-corrected chi connectivity index (χ3v) is 3.59. The van der Waals surface area contributed by atoms with Crippen LogP contribution in [0.25, 0.3) is 11.3 Å². The van der Waals surface area contributed by atoms with E-state index in [9.17, 15) is 4.79 Å². The van der Waals surface area contributed by atoms with Gasteiger partial charge in [0.05, 0.1) is 12.8 Å². The third kappa shape index (κ3) is 1.69. The molecule has 0 saturated heterocycles. The highest BCUT2D eigenvalue weighted by Crippen LogP contribution is 2.35. The molecule has 0 radical (unpaired) electrons. The number of fused-ring (bicyclic) bond motifs is 3. The van der Waals surface area contributed by atoms with Crippen molar-refractivity contribution in [3.8, 4) is 17.0 Å². The number of benzene rings is 1. The maximum absolute atomic E-state index is 11.5. The molecule has 5 heteroatoms. The minimum atomic E-state index is -0.423. The molecule has 2 N–H and O–H groups in total. The molecule has 1 aromatic heterocycles. The molecular formula is C14H15N3O2. The van der Waals surface area contributed by atoms with E-state index in [1.807, 2.05) is 18.2 Å². The summed E-state index contributed by atoms with van der Waals surface area (Å²) >= 11 is 0. The Balaban J connectivity index is 2.20. The highest BCUT2D eigenvalue weighted by atomic mass is 16.5. The van der Waals surface area contributed by atoms with Gasteiger partial charge in [0.15, 0.2) is 0 Å². The summed E-state index contributed by atoms with van der Waals surface area (Å²) in [6.07, 6.45) is 1.65. The van der Waals surface area contributed by atoms with Crippen molar-refractivity contribution < 1.29 is 9.53 Å². The number of carbonyl (C=O) groups is 1. The highest BCUT2D eigenvalue weighted by molar-refractivity contribution is 5.95. The molecular weight excluding hydrogens is 242 g/mol. The van der Waals surface area contributed by atoms with Crippen molar-refractivity contribution in [2.45, 2.75) is 12.8 Å². The largest absolute Gasteiger partial charge is 0.497 e. The molecule has 0 spiro atoms. The molecule has 0 bridgehead atoms. The van der Waals surface area contributed by atoms with E-state index in [0.717, 1.165) is 35.4 Å². The number of rotatable bonds is 2. The first kappa shape index (κ1) is 11.8. The Kier molecular flexibility index (Phi) is 2.55. The molecule has 0 aliphatic heterocycles. The molecule has 0 atom stereocenters. The molecule has 0 unspecified atom stereocenters. The summed E-state index contributed by atoms with van der Waals surface area (Å²) in [4.78, 5) is 11.5. The van der Waals surface area contributed by atoms with Gasteiger partial charge in [-0.05, 0) is 36.6 Å². The normalized spacial score (nSPS) is 12.7. The van der Waals surface area contributed by atoms with Crippen molar-refractivity contribution in [2.75, 3.05) is 7.11 Å². The smallest absolute Gasteiger partial charge is 0.267 e. The molecule has 1 heterocycles. The number of aromatic nitrogens is 2. The van der Waals surface area contributed by atoms with Crippen LogP contribution in [0, 0.1) is 0 Å². The summed E-state index contributed by atoms with van der Waals surface area (Å²) in [6.45, 7) is 0. The molecule has 1 aromatic carbocycles. The fraction of sp³-hybridized carbons (Fsp3) is 0.286. The average molecular weight is 257 g/mol. The predicted octanol–water partition coefficient (Wildman–Crippen LogP) is 1.29. The molecule has 1 amide bonds. The second-order valence-electron chi connectivity index (χ2n) is 4.69. The molecule has 98 valence electrons. The lowest BCUT2D eigenvalue weighted by Gasteiger charge is -2.16. The standard InChI is InChI=1S/C14H15N3O2/c1-17-13(14(15)18)11-5-3-8-7-9(19-2)4-6-10(8)12(11)16-17/h4,6-7H,3,5H2,1-2H3,(H2,15,18). The van der Waals surface area contributed by atoms with Crippen LogP contribution >= 0.6 is 0 Å². The Bertz CT molecular complexity index is 674. The Morgan fingerprint density at radius 3 is 2.89 bits per heavy atom. The summed E-state index contributed by atoms with van der Waals surface area (Å²) in [6, 6.07) is 5.92. The van der Waals surface area contributed by atoms with E-state index in [-0.39, 0.29) is 0 Å². The van der Waals surface area contributed by atoms with Gasteiger partial charge in [-0.1, -0.05) is 0 Å². The fourth-order valence-corrected chi connectivity index (χ4v) is 2.72. The van der Waals surface area contributed by atoms with Gasteiger partial charge in [0, 0.05) is 18.2 Å². The summed E-state index contributed by atoms with van der Waals surface area (Å²) < 4.78 is 6.81. The van der Waals surface area contributed by atoms with Crippen LogP contribution in [0.3, 0.4) is 0 Å². The van der Waals surface area contributed by atoms with Crippen molar-refractivity contribution in [1.82, 2.24) is 9.78 Å². The van der Waals surface area contributed by atoms with Crippen LogP contribution in [-0.2, 0) is 19.9 Å². The quantitative estimate of drug-likeness (QED) is 0.881. The SMILES string of the molecule is COc1ccc2c(c1)CCc1c-2nn(C)c1C(N)=O. The van der Waals surface area contributed by atoms with Gasteiger partial charge in [-0.2, -0.15) is 5.10 Å². The number of methoxy groups -OCH3 is 1. The van der Waals surface area contributed by atoms with E-state index in [2.05, 4.69) is 5.10 Å². The summed E-state index contributed by atoms with van der Waals surface area (Å²) in [5.41, 5.74) is 10.0. The number of carbonyl (C=O) groups excluding carboxylic acids is 1. The molecule has 0 saturated carbocycles. The number of amides is 1. The zero-order valence-corrected chi connectivity index (χ0v) is 10.9. The molecule has 19 heavy (non-hydrogen) atoms. The van der Waals surface area contributed by atoms with Gasteiger partial charge < -0.3 is 10.5 Å². The van der Waals surface area contributed by atoms with Crippen molar-refractivity contribution in [3.05, 3.63) is 35.0 Å². The molecule has 5 nitrogen and oxygen atoms in total. The van der Waals surface area contributed by atoms with Crippen LogP contribution in [0.15, 0.2) is 18.2 Å². The van der Waals surface area contributed by atoms with Crippen LogP contribution in [-0.4, -0.2) is 22.8 Å². The van der Waals surface area contributed by atoms with Gasteiger partial charge in [0.1, 0.15) is 11.4 Å². The molecule has 0 fully saturated rings. The number of aryl methyl sites for hydroxylation is 2. The zero-order chi connectivity index (χ0) is 13.6. The summed E-state index contributed by atoms with van der Waals surface area (Å²) in [5.74, 6) is 0.418. The topological polar surface area (TPSA) is 70.1 Å². The van der Waals surface area contributed by atoms with E-state index >= 15 is 0 Å². The molecule has 1 aliphatic carbocycles. The number of nitrogens with two attached hydrogens (primary N) is 1. The van der Waals surface area contributed by atoms with E-state index in [0.29, 0.717) is 5.69 Å². The zero-order valence-electron chi connectivity index (χ0n) is 10.9. The molecule has 1 aliphatic rings. The summed E-state index contributed by atoms with van der Waals surface area (Å²) in [7, 11) is 3.41. The van der Waals surface area contributed by atoms with E-state index in [1.165, 1.54) is 5.56 Å². The van der Waals surface area contributed by atoms with Gasteiger partial charge in [-0.3, -0.25) is 9.48 Å². The highest BCUT2D eigenvalue weighted by Gasteiger charge is 2.26. The fourth-order valence-electron chi connectivity index (χ4n) is 2.72. The lowest BCUT2D eigenvalue weighted by molar-refractivity contribution is 0.0990. The first-order valence-electron chi connectivity index (χ1n) is 6.14. The Labute approximate surface area is 111 Å². The van der Waals surface area contributed by atoms with E-state index in [1.54, 1.807) is 18.8 Å². The van der Waals surface area contributed by atoms with Gasteiger partial charge >= 0.3 is 0 Å². The Morgan fingerprint density at radius 1 is 1.42 bits per heavy atom. The van der Waals surface area contributed by atoms with Crippen LogP contribution in [0.5, 0.6) is 5.75 Å². The minimum absolute atomic E-state index is 0.423. The second-order valence-corrected chi connectivity index (χ2v) is 4.69. The number of nitrogens with zero attached hydrogens (tertiary/aromatic N) is 2.